The van der Waals surface area contributed by atoms with Gasteiger partial charge < -0.3 is 5.32 Å². The highest BCUT2D eigenvalue weighted by molar-refractivity contribution is 5.19. The average Bonchev–Trinajstić information content (AvgIpc) is 2.47. The van der Waals surface area contributed by atoms with Crippen LogP contribution < -0.4 is 5.32 Å². The van der Waals surface area contributed by atoms with Gasteiger partial charge in [-0.1, -0.05) is 64.5 Å². The van der Waals surface area contributed by atoms with Gasteiger partial charge in [-0.05, 0) is 37.5 Å². The van der Waals surface area contributed by atoms with E-state index in [0.717, 1.165) is 5.56 Å². The zero-order valence-electron chi connectivity index (χ0n) is 14.0. The highest BCUT2D eigenvalue weighted by atomic mass is 19.1. The Morgan fingerprint density at radius 1 is 1.00 bits per heavy atom. The van der Waals surface area contributed by atoms with Crippen molar-refractivity contribution in [2.24, 2.45) is 0 Å². The van der Waals surface area contributed by atoms with E-state index in [-0.39, 0.29) is 11.9 Å². The molecule has 0 fully saturated rings. The van der Waals surface area contributed by atoms with E-state index in [1.807, 2.05) is 6.07 Å². The van der Waals surface area contributed by atoms with Crippen molar-refractivity contribution < 1.29 is 4.39 Å². The Labute approximate surface area is 130 Å². The van der Waals surface area contributed by atoms with Crippen molar-refractivity contribution in [3.8, 4) is 0 Å². The first-order valence-electron chi connectivity index (χ1n) is 8.68. The Morgan fingerprint density at radius 2 is 1.62 bits per heavy atom. The number of rotatable bonds is 11. The minimum Gasteiger partial charge on any atom is -0.307 e. The number of nitrogens with one attached hydrogen (secondary N) is 1. The predicted molar refractivity (Wildman–Crippen MR) is 90.0 cm³/mol. The minimum atomic E-state index is -0.144. The summed E-state index contributed by atoms with van der Waals surface area (Å²) in [5.74, 6) is -0.144. The van der Waals surface area contributed by atoms with Crippen LogP contribution in [-0.2, 0) is 0 Å². The van der Waals surface area contributed by atoms with Crippen LogP contribution >= 0.6 is 0 Å². The van der Waals surface area contributed by atoms with Crippen LogP contribution in [0.15, 0.2) is 24.3 Å². The molecule has 1 rings (SSSR count). The third-order valence-electron chi connectivity index (χ3n) is 4.15. The fourth-order valence-electron chi connectivity index (χ4n) is 2.82. The molecule has 0 spiro atoms. The van der Waals surface area contributed by atoms with Crippen molar-refractivity contribution in [1.82, 2.24) is 5.32 Å². The maximum Gasteiger partial charge on any atom is 0.123 e. The third kappa shape index (κ3) is 7.61. The van der Waals surface area contributed by atoms with Crippen molar-refractivity contribution in [2.45, 2.75) is 84.2 Å². The summed E-state index contributed by atoms with van der Waals surface area (Å²) in [4.78, 5) is 0. The van der Waals surface area contributed by atoms with Crippen LogP contribution in [0.3, 0.4) is 0 Å². The molecule has 1 atom stereocenters. The van der Waals surface area contributed by atoms with E-state index in [2.05, 4.69) is 26.1 Å². The van der Waals surface area contributed by atoms with Crippen LogP contribution in [0.2, 0.25) is 0 Å². The summed E-state index contributed by atoms with van der Waals surface area (Å²) in [7, 11) is 0. The summed E-state index contributed by atoms with van der Waals surface area (Å²) >= 11 is 0. The van der Waals surface area contributed by atoms with Crippen molar-refractivity contribution in [1.29, 1.82) is 0 Å². The van der Waals surface area contributed by atoms with Gasteiger partial charge in [-0.15, -0.1) is 0 Å². The van der Waals surface area contributed by atoms with Gasteiger partial charge in [0.1, 0.15) is 5.82 Å². The molecule has 1 nitrogen and oxygen atoms in total. The highest BCUT2D eigenvalue weighted by Crippen LogP contribution is 2.18. The second kappa shape index (κ2) is 10.8. The Kier molecular flexibility index (Phi) is 9.32. The fourth-order valence-corrected chi connectivity index (χ4v) is 2.82. The quantitative estimate of drug-likeness (QED) is 0.493. The SMILES string of the molecule is CCCCCC(CCCCC)N[C@H](C)c1cccc(F)c1. The summed E-state index contributed by atoms with van der Waals surface area (Å²) in [5.41, 5.74) is 1.05. The van der Waals surface area contributed by atoms with Crippen LogP contribution in [0.4, 0.5) is 4.39 Å². The number of hydrogen-bond donors (Lipinski definition) is 1. The third-order valence-corrected chi connectivity index (χ3v) is 4.15. The first kappa shape index (κ1) is 18.2. The van der Waals surface area contributed by atoms with Gasteiger partial charge in [-0.25, -0.2) is 4.39 Å². The maximum absolute atomic E-state index is 13.3. The molecule has 1 aromatic rings. The van der Waals surface area contributed by atoms with Crippen molar-refractivity contribution in [3.63, 3.8) is 0 Å². The van der Waals surface area contributed by atoms with Crippen molar-refractivity contribution in [3.05, 3.63) is 35.6 Å². The summed E-state index contributed by atoms with van der Waals surface area (Å²) < 4.78 is 13.3. The fraction of sp³-hybridized carbons (Fsp3) is 0.684. The number of benzene rings is 1. The molecule has 0 radical (unpaired) electrons. The van der Waals surface area contributed by atoms with E-state index in [1.54, 1.807) is 12.1 Å². The first-order valence-corrected chi connectivity index (χ1v) is 8.68. The lowest BCUT2D eigenvalue weighted by molar-refractivity contribution is 0.384. The molecule has 0 heterocycles. The van der Waals surface area contributed by atoms with Crippen molar-refractivity contribution >= 4 is 0 Å². The predicted octanol–water partition coefficient (Wildman–Crippen LogP) is 6.01. The molecule has 0 saturated heterocycles. The normalized spacial score (nSPS) is 12.8. The molecule has 2 heteroatoms. The lowest BCUT2D eigenvalue weighted by atomic mass is 9.99. The van der Waals surface area contributed by atoms with E-state index in [4.69, 9.17) is 0 Å². The average molecular weight is 293 g/mol. The van der Waals surface area contributed by atoms with Gasteiger partial charge in [-0.2, -0.15) is 0 Å². The van der Waals surface area contributed by atoms with Gasteiger partial charge in [0.05, 0.1) is 0 Å². The minimum absolute atomic E-state index is 0.144. The molecule has 0 aliphatic heterocycles. The molecular formula is C19H32FN. The topological polar surface area (TPSA) is 12.0 Å². The van der Waals surface area contributed by atoms with Crippen LogP contribution in [0.1, 0.15) is 83.7 Å². The molecule has 0 bridgehead atoms. The molecule has 0 aromatic heterocycles. The van der Waals surface area contributed by atoms with Gasteiger partial charge in [0.25, 0.3) is 0 Å². The van der Waals surface area contributed by atoms with Gasteiger partial charge in [-0.3, -0.25) is 0 Å². The van der Waals surface area contributed by atoms with E-state index in [9.17, 15) is 4.39 Å². The Hall–Kier alpha value is -0.890. The Balaban J connectivity index is 2.52. The molecule has 0 unspecified atom stereocenters. The van der Waals surface area contributed by atoms with E-state index in [1.165, 1.54) is 57.4 Å². The molecule has 1 aromatic carbocycles. The molecular weight excluding hydrogens is 261 g/mol. The van der Waals surface area contributed by atoms with Gasteiger partial charge in [0.2, 0.25) is 0 Å². The summed E-state index contributed by atoms with van der Waals surface area (Å²) in [5, 5.41) is 3.71. The second-order valence-electron chi connectivity index (χ2n) is 6.13. The van der Waals surface area contributed by atoms with Gasteiger partial charge in [0, 0.05) is 12.1 Å². The number of unbranched alkanes of at least 4 members (excludes halogenated alkanes) is 4. The zero-order chi connectivity index (χ0) is 15.5. The Morgan fingerprint density at radius 3 is 2.14 bits per heavy atom. The van der Waals surface area contributed by atoms with E-state index < -0.39 is 0 Å². The molecule has 0 aliphatic rings. The number of hydrogen-bond acceptors (Lipinski definition) is 1. The number of halogens is 1. The van der Waals surface area contributed by atoms with Gasteiger partial charge >= 0.3 is 0 Å². The summed E-state index contributed by atoms with van der Waals surface area (Å²) in [6.45, 7) is 6.63. The maximum atomic E-state index is 13.3. The summed E-state index contributed by atoms with van der Waals surface area (Å²) in [6.07, 6.45) is 10.2. The monoisotopic (exact) mass is 293 g/mol. The lowest BCUT2D eigenvalue weighted by Gasteiger charge is -2.24. The molecule has 0 amide bonds. The molecule has 1 N–H and O–H groups in total. The lowest BCUT2D eigenvalue weighted by Crippen LogP contribution is -2.31. The van der Waals surface area contributed by atoms with E-state index >= 15 is 0 Å². The molecule has 21 heavy (non-hydrogen) atoms. The smallest absolute Gasteiger partial charge is 0.123 e. The van der Waals surface area contributed by atoms with Crippen molar-refractivity contribution in [2.75, 3.05) is 0 Å². The molecule has 0 aliphatic carbocycles. The molecule has 0 saturated carbocycles. The van der Waals surface area contributed by atoms with Crippen LogP contribution in [0.25, 0.3) is 0 Å². The first-order chi connectivity index (χ1) is 10.2. The standard InChI is InChI=1S/C19H32FN/c1-4-6-8-13-19(14-9-7-5-2)21-16(3)17-11-10-12-18(20)15-17/h10-12,15-16,19,21H,4-9,13-14H2,1-3H3/t16-/m1/s1. The van der Waals surface area contributed by atoms with Crippen LogP contribution in [-0.4, -0.2) is 6.04 Å². The zero-order valence-corrected chi connectivity index (χ0v) is 14.0. The van der Waals surface area contributed by atoms with E-state index in [0.29, 0.717) is 6.04 Å². The Bertz CT molecular complexity index is 368. The highest BCUT2D eigenvalue weighted by Gasteiger charge is 2.13. The van der Waals surface area contributed by atoms with Gasteiger partial charge in [0.15, 0.2) is 0 Å². The second-order valence-corrected chi connectivity index (χ2v) is 6.13. The summed E-state index contributed by atoms with van der Waals surface area (Å²) in [6, 6.07) is 7.74. The van der Waals surface area contributed by atoms with Crippen LogP contribution in [0, 0.1) is 5.82 Å². The van der Waals surface area contributed by atoms with Crippen LogP contribution in [0.5, 0.6) is 0 Å². The largest absolute Gasteiger partial charge is 0.307 e. The molecule has 120 valence electrons.